The number of benzene rings is 1. The highest BCUT2D eigenvalue weighted by atomic mass is 32.1. The quantitative estimate of drug-likeness (QED) is 0.646. The van der Waals surface area contributed by atoms with Crippen LogP contribution in [0.3, 0.4) is 0 Å². The summed E-state index contributed by atoms with van der Waals surface area (Å²) >= 11 is 5.38. The summed E-state index contributed by atoms with van der Waals surface area (Å²) < 4.78 is 16.0. The first kappa shape index (κ1) is 18.1. The van der Waals surface area contributed by atoms with Crippen molar-refractivity contribution in [1.29, 1.82) is 0 Å². The number of esters is 1. The molecule has 0 amide bonds. The highest BCUT2D eigenvalue weighted by molar-refractivity contribution is 7.80. The van der Waals surface area contributed by atoms with Crippen molar-refractivity contribution in [3.05, 3.63) is 35.0 Å². The van der Waals surface area contributed by atoms with Gasteiger partial charge in [0.05, 0.1) is 32.4 Å². The zero-order valence-electron chi connectivity index (χ0n) is 14.5. The Morgan fingerprint density at radius 3 is 2.62 bits per heavy atom. The smallest absolute Gasteiger partial charge is 0.338 e. The maximum Gasteiger partial charge on any atom is 0.338 e. The molecular weight excluding hydrogens is 328 g/mol. The molecule has 0 radical (unpaired) electrons. The summed E-state index contributed by atoms with van der Waals surface area (Å²) in [5.41, 5.74) is 2.00. The van der Waals surface area contributed by atoms with Crippen molar-refractivity contribution < 1.29 is 19.0 Å². The van der Waals surface area contributed by atoms with Crippen LogP contribution < -0.4 is 14.8 Å². The lowest BCUT2D eigenvalue weighted by atomic mass is 9.94. The monoisotopic (exact) mass is 350 g/mol. The Morgan fingerprint density at radius 2 is 2.04 bits per heavy atom. The van der Waals surface area contributed by atoms with E-state index < -0.39 is 6.04 Å². The highest BCUT2D eigenvalue weighted by Gasteiger charge is 2.35. The number of ether oxygens (including phenoxy) is 3. The molecule has 0 aliphatic carbocycles. The zero-order chi connectivity index (χ0) is 17.9. The number of carbonyl (C=O) groups is 1. The number of thiocarbonyl (C=S) groups is 1. The minimum Gasteiger partial charge on any atom is -0.497 e. The van der Waals surface area contributed by atoms with Crippen LogP contribution in [0.4, 0.5) is 0 Å². The molecule has 0 aromatic heterocycles. The molecule has 1 aromatic rings. The molecule has 7 heteroatoms. The van der Waals surface area contributed by atoms with E-state index in [2.05, 4.69) is 5.32 Å². The first-order valence-corrected chi connectivity index (χ1v) is 7.99. The lowest BCUT2D eigenvalue weighted by Crippen LogP contribution is -2.46. The fourth-order valence-electron chi connectivity index (χ4n) is 2.61. The molecule has 1 aromatic carbocycles. The molecule has 0 bridgehead atoms. The van der Waals surface area contributed by atoms with Gasteiger partial charge >= 0.3 is 5.97 Å². The molecule has 24 heavy (non-hydrogen) atoms. The van der Waals surface area contributed by atoms with Gasteiger partial charge in [0.15, 0.2) is 5.11 Å². The highest BCUT2D eigenvalue weighted by Crippen LogP contribution is 2.37. The van der Waals surface area contributed by atoms with Crippen molar-refractivity contribution in [3.63, 3.8) is 0 Å². The Bertz CT molecular complexity index is 687. The second-order valence-electron chi connectivity index (χ2n) is 5.27. The molecule has 1 aliphatic rings. The number of allylic oxidation sites excluding steroid dienone is 1. The van der Waals surface area contributed by atoms with E-state index in [1.54, 1.807) is 38.2 Å². The van der Waals surface area contributed by atoms with E-state index in [9.17, 15) is 4.79 Å². The molecule has 0 saturated carbocycles. The average Bonchev–Trinajstić information content (AvgIpc) is 2.58. The largest absolute Gasteiger partial charge is 0.497 e. The van der Waals surface area contributed by atoms with Crippen LogP contribution in [-0.2, 0) is 9.53 Å². The number of nitrogens with zero attached hydrogens (tertiary/aromatic N) is 1. The van der Waals surface area contributed by atoms with Crippen molar-refractivity contribution in [1.82, 2.24) is 10.2 Å². The van der Waals surface area contributed by atoms with Crippen molar-refractivity contribution in [2.75, 3.05) is 27.9 Å². The Kier molecular flexibility index (Phi) is 5.66. The van der Waals surface area contributed by atoms with Gasteiger partial charge in [0.1, 0.15) is 11.5 Å². The van der Waals surface area contributed by atoms with Crippen molar-refractivity contribution in [3.8, 4) is 11.5 Å². The van der Waals surface area contributed by atoms with Gasteiger partial charge in [-0.05, 0) is 44.3 Å². The lowest BCUT2D eigenvalue weighted by molar-refractivity contribution is -0.139. The summed E-state index contributed by atoms with van der Waals surface area (Å²) in [6, 6.07) is 4.96. The second-order valence-corrected chi connectivity index (χ2v) is 5.66. The molecule has 0 saturated heterocycles. The molecule has 1 aliphatic heterocycles. The molecule has 1 atom stereocenters. The van der Waals surface area contributed by atoms with Crippen molar-refractivity contribution in [2.45, 2.75) is 19.9 Å². The van der Waals surface area contributed by atoms with E-state index in [0.29, 0.717) is 28.8 Å². The molecule has 1 heterocycles. The third-order valence-corrected chi connectivity index (χ3v) is 4.39. The number of rotatable bonds is 5. The molecule has 0 unspecified atom stereocenters. The van der Waals surface area contributed by atoms with Gasteiger partial charge in [-0.25, -0.2) is 4.79 Å². The van der Waals surface area contributed by atoms with Crippen LogP contribution in [0, 0.1) is 0 Å². The maximum absolute atomic E-state index is 12.5. The molecule has 6 nitrogen and oxygen atoms in total. The SMILES string of the molecule is CCOC(=O)C1=C(C)N(C)C(=S)N[C@@H]1c1cc(OC)ccc1OC. The van der Waals surface area contributed by atoms with E-state index in [-0.39, 0.29) is 5.97 Å². The van der Waals surface area contributed by atoms with E-state index in [1.807, 2.05) is 20.0 Å². The average molecular weight is 350 g/mol. The Hall–Kier alpha value is -2.28. The standard InChI is InChI=1S/C17H22N2O4S/c1-6-23-16(20)14-10(2)19(3)17(24)18-15(14)12-9-11(21-4)7-8-13(12)22-5/h7-9,15H,6H2,1-5H3,(H,18,24)/t15-/m1/s1. The first-order chi connectivity index (χ1) is 11.4. The van der Waals surface area contributed by atoms with Crippen molar-refractivity contribution >= 4 is 23.3 Å². The third kappa shape index (κ3) is 3.31. The van der Waals surface area contributed by atoms with Crippen LogP contribution >= 0.6 is 12.2 Å². The Balaban J connectivity index is 2.61. The van der Waals surface area contributed by atoms with Gasteiger partial charge in [0, 0.05) is 18.3 Å². The summed E-state index contributed by atoms with van der Waals surface area (Å²) in [5.74, 6) is 0.917. The molecule has 130 valence electrons. The number of nitrogens with one attached hydrogen (secondary N) is 1. The second kappa shape index (κ2) is 7.53. The van der Waals surface area contributed by atoms with Gasteiger partial charge in [-0.15, -0.1) is 0 Å². The molecule has 1 N–H and O–H groups in total. The topological polar surface area (TPSA) is 60.0 Å². The summed E-state index contributed by atoms with van der Waals surface area (Å²) in [5, 5.41) is 3.71. The van der Waals surface area contributed by atoms with Gasteiger partial charge in [0.2, 0.25) is 0 Å². The predicted molar refractivity (Wildman–Crippen MR) is 95.1 cm³/mol. The number of carbonyl (C=O) groups excluding carboxylic acids is 1. The normalized spacial score (nSPS) is 17.5. The van der Waals surface area contributed by atoms with Crippen molar-refractivity contribution in [2.24, 2.45) is 0 Å². The lowest BCUT2D eigenvalue weighted by Gasteiger charge is -2.35. The number of hydrogen-bond donors (Lipinski definition) is 1. The van der Waals surface area contributed by atoms with Gasteiger partial charge in [0.25, 0.3) is 0 Å². The minimum atomic E-state index is -0.474. The molecule has 2 rings (SSSR count). The molecule has 0 spiro atoms. The van der Waals surface area contributed by atoms with Crippen LogP contribution in [0.2, 0.25) is 0 Å². The van der Waals surface area contributed by atoms with Crippen LogP contribution in [0.25, 0.3) is 0 Å². The molecule has 0 fully saturated rings. The van der Waals surface area contributed by atoms with E-state index >= 15 is 0 Å². The zero-order valence-corrected chi connectivity index (χ0v) is 15.3. The number of hydrogen-bond acceptors (Lipinski definition) is 5. The summed E-state index contributed by atoms with van der Waals surface area (Å²) in [7, 11) is 4.98. The van der Waals surface area contributed by atoms with Crippen LogP contribution in [0.15, 0.2) is 29.5 Å². The minimum absolute atomic E-state index is 0.297. The fourth-order valence-corrected chi connectivity index (χ4v) is 2.86. The Morgan fingerprint density at radius 1 is 1.33 bits per heavy atom. The third-order valence-electron chi connectivity index (χ3n) is 4.00. The summed E-state index contributed by atoms with van der Waals surface area (Å²) in [6.07, 6.45) is 0. The number of methoxy groups -OCH3 is 2. The van der Waals surface area contributed by atoms with E-state index in [4.69, 9.17) is 26.4 Å². The molecular formula is C17H22N2O4S. The van der Waals surface area contributed by atoms with Crippen LogP contribution in [0.1, 0.15) is 25.5 Å². The fraction of sp³-hybridized carbons (Fsp3) is 0.412. The Labute approximate surface area is 147 Å². The summed E-state index contributed by atoms with van der Waals surface area (Å²) in [6.45, 7) is 3.92. The van der Waals surface area contributed by atoms with E-state index in [0.717, 1.165) is 11.3 Å². The van der Waals surface area contributed by atoms with Gasteiger partial charge < -0.3 is 24.4 Å². The van der Waals surface area contributed by atoms with Crippen LogP contribution in [0.5, 0.6) is 11.5 Å². The van der Waals surface area contributed by atoms with E-state index in [1.165, 1.54) is 0 Å². The van der Waals surface area contributed by atoms with Gasteiger partial charge in [-0.1, -0.05) is 0 Å². The van der Waals surface area contributed by atoms with Gasteiger partial charge in [-0.2, -0.15) is 0 Å². The van der Waals surface area contributed by atoms with Crippen LogP contribution in [-0.4, -0.2) is 43.9 Å². The summed E-state index contributed by atoms with van der Waals surface area (Å²) in [4.78, 5) is 14.3. The first-order valence-electron chi connectivity index (χ1n) is 7.58. The van der Waals surface area contributed by atoms with Gasteiger partial charge in [-0.3, -0.25) is 0 Å². The predicted octanol–water partition coefficient (Wildman–Crippen LogP) is 2.40. The maximum atomic E-state index is 12.5.